The molecule has 0 atom stereocenters. The Morgan fingerprint density at radius 2 is 1.86 bits per heavy atom. The summed E-state index contributed by atoms with van der Waals surface area (Å²) in [4.78, 5) is 7.07. The van der Waals surface area contributed by atoms with Crippen LogP contribution in [0.3, 0.4) is 0 Å². The molecule has 5 heteroatoms. The monoisotopic (exact) mass is 305 g/mol. The van der Waals surface area contributed by atoms with Gasteiger partial charge in [0.1, 0.15) is 5.82 Å². The van der Waals surface area contributed by atoms with Gasteiger partial charge in [-0.25, -0.2) is 4.98 Å². The van der Waals surface area contributed by atoms with Crippen LogP contribution in [-0.2, 0) is 17.2 Å². The lowest BCUT2D eigenvalue weighted by Crippen LogP contribution is -2.38. The Balaban J connectivity index is 1.71. The van der Waals surface area contributed by atoms with Gasteiger partial charge in [-0.2, -0.15) is 0 Å². The van der Waals surface area contributed by atoms with Crippen LogP contribution in [0.4, 0.5) is 0 Å². The molecule has 0 amide bonds. The molecule has 0 bridgehead atoms. The number of nitrogens with zero attached hydrogens (tertiary/aromatic N) is 3. The Morgan fingerprint density at radius 1 is 1.10 bits per heavy atom. The van der Waals surface area contributed by atoms with Crippen molar-refractivity contribution in [1.29, 1.82) is 0 Å². The normalized spacial score (nSPS) is 16.2. The second-order valence-electron chi connectivity index (χ2n) is 5.19. The van der Waals surface area contributed by atoms with E-state index >= 15 is 0 Å². The molecule has 0 radical (unpaired) electrons. The zero-order valence-electron chi connectivity index (χ0n) is 12.0. The number of hydrogen-bond donors (Lipinski definition) is 0. The second kappa shape index (κ2) is 7.07. The lowest BCUT2D eigenvalue weighted by atomic mass is 10.2. The molecule has 1 aliphatic rings. The Bertz CT molecular complexity index is 564. The summed E-state index contributed by atoms with van der Waals surface area (Å²) in [5, 5.41) is 0. The van der Waals surface area contributed by atoms with Gasteiger partial charge in [-0.1, -0.05) is 30.3 Å². The number of benzene rings is 1. The van der Waals surface area contributed by atoms with E-state index in [9.17, 15) is 0 Å². The maximum Gasteiger partial charge on any atom is 0.124 e. The number of aromatic nitrogens is 2. The fraction of sp³-hybridized carbons (Fsp3) is 0.438. The van der Waals surface area contributed by atoms with Crippen LogP contribution < -0.4 is 0 Å². The van der Waals surface area contributed by atoms with Crippen LogP contribution >= 0.6 is 11.6 Å². The molecule has 0 spiro atoms. The summed E-state index contributed by atoms with van der Waals surface area (Å²) in [6.45, 7) is 5.62. The van der Waals surface area contributed by atoms with E-state index in [1.807, 2.05) is 18.2 Å². The van der Waals surface area contributed by atoms with Gasteiger partial charge in [-0.3, -0.25) is 4.90 Å². The third kappa shape index (κ3) is 3.64. The minimum atomic E-state index is 0.440. The van der Waals surface area contributed by atoms with Gasteiger partial charge in [0.25, 0.3) is 0 Å². The van der Waals surface area contributed by atoms with E-state index in [-0.39, 0.29) is 0 Å². The highest BCUT2D eigenvalue weighted by Crippen LogP contribution is 2.19. The van der Waals surface area contributed by atoms with Crippen LogP contribution in [0.1, 0.15) is 5.82 Å². The average molecular weight is 306 g/mol. The quantitative estimate of drug-likeness (QED) is 0.796. The number of alkyl halides is 1. The van der Waals surface area contributed by atoms with E-state index in [2.05, 4.69) is 32.8 Å². The van der Waals surface area contributed by atoms with Gasteiger partial charge >= 0.3 is 0 Å². The van der Waals surface area contributed by atoms with E-state index in [1.54, 1.807) is 0 Å². The first-order valence-corrected chi connectivity index (χ1v) is 7.88. The van der Waals surface area contributed by atoms with E-state index in [0.717, 1.165) is 56.5 Å². The number of ether oxygens (including phenoxy) is 1. The summed E-state index contributed by atoms with van der Waals surface area (Å²) in [6, 6.07) is 10.2. The molecular weight excluding hydrogens is 286 g/mol. The topological polar surface area (TPSA) is 30.3 Å². The predicted molar refractivity (Wildman–Crippen MR) is 84.5 cm³/mol. The highest BCUT2D eigenvalue weighted by molar-refractivity contribution is 6.16. The molecule has 0 aliphatic carbocycles. The standard InChI is InChI=1S/C16H20ClN3O/c17-12-16-18-15(14-4-2-1-3-5-14)13-20(16)7-6-19-8-10-21-11-9-19/h1-5,13H,6-12H2. The number of rotatable bonds is 5. The smallest absolute Gasteiger partial charge is 0.124 e. The van der Waals surface area contributed by atoms with Gasteiger partial charge in [-0.05, 0) is 0 Å². The minimum absolute atomic E-state index is 0.440. The zero-order chi connectivity index (χ0) is 14.5. The molecule has 2 aromatic rings. The molecule has 0 N–H and O–H groups in total. The van der Waals surface area contributed by atoms with Crippen molar-refractivity contribution in [3.05, 3.63) is 42.4 Å². The lowest BCUT2D eigenvalue weighted by molar-refractivity contribution is 0.0363. The fourth-order valence-electron chi connectivity index (χ4n) is 2.58. The summed E-state index contributed by atoms with van der Waals surface area (Å²) >= 11 is 6.04. The van der Waals surface area contributed by atoms with Crippen molar-refractivity contribution in [2.45, 2.75) is 12.4 Å². The maximum atomic E-state index is 6.04. The van der Waals surface area contributed by atoms with Gasteiger partial charge in [0.05, 0.1) is 24.8 Å². The predicted octanol–water partition coefficient (Wildman–Crippen LogP) is 2.62. The molecule has 1 aromatic carbocycles. The van der Waals surface area contributed by atoms with Gasteiger partial charge in [0.2, 0.25) is 0 Å². The van der Waals surface area contributed by atoms with Gasteiger partial charge in [0.15, 0.2) is 0 Å². The van der Waals surface area contributed by atoms with Crippen LogP contribution in [-0.4, -0.2) is 47.3 Å². The average Bonchev–Trinajstić information content (AvgIpc) is 2.98. The van der Waals surface area contributed by atoms with Crippen LogP contribution in [0.25, 0.3) is 11.3 Å². The van der Waals surface area contributed by atoms with Crippen molar-refractivity contribution in [3.63, 3.8) is 0 Å². The minimum Gasteiger partial charge on any atom is -0.379 e. The summed E-state index contributed by atoms with van der Waals surface area (Å²) in [7, 11) is 0. The van der Waals surface area contributed by atoms with E-state index in [4.69, 9.17) is 16.3 Å². The Labute approximate surface area is 130 Å². The SMILES string of the molecule is ClCc1nc(-c2ccccc2)cn1CCN1CCOCC1. The van der Waals surface area contributed by atoms with Gasteiger partial charge in [-0.15, -0.1) is 11.6 Å². The van der Waals surface area contributed by atoms with Crippen molar-refractivity contribution in [1.82, 2.24) is 14.5 Å². The molecule has 1 saturated heterocycles. The van der Waals surface area contributed by atoms with E-state index in [1.165, 1.54) is 0 Å². The molecule has 1 aliphatic heterocycles. The van der Waals surface area contributed by atoms with Crippen LogP contribution in [0.15, 0.2) is 36.5 Å². The van der Waals surface area contributed by atoms with Crippen molar-refractivity contribution in [2.75, 3.05) is 32.8 Å². The van der Waals surface area contributed by atoms with Crippen molar-refractivity contribution in [3.8, 4) is 11.3 Å². The summed E-state index contributed by atoms with van der Waals surface area (Å²) in [5.41, 5.74) is 2.13. The molecule has 112 valence electrons. The van der Waals surface area contributed by atoms with Gasteiger partial charge < -0.3 is 9.30 Å². The summed E-state index contributed by atoms with van der Waals surface area (Å²) in [6.07, 6.45) is 2.10. The molecule has 4 nitrogen and oxygen atoms in total. The Hall–Kier alpha value is -1.36. The second-order valence-corrected chi connectivity index (χ2v) is 5.46. The molecule has 3 rings (SSSR count). The first-order valence-electron chi connectivity index (χ1n) is 7.34. The zero-order valence-corrected chi connectivity index (χ0v) is 12.8. The first-order chi connectivity index (χ1) is 10.4. The third-order valence-electron chi connectivity index (χ3n) is 3.81. The molecule has 1 aromatic heterocycles. The first kappa shape index (κ1) is 14.6. The van der Waals surface area contributed by atoms with E-state index < -0.39 is 0 Å². The molecule has 0 unspecified atom stereocenters. The van der Waals surface area contributed by atoms with Crippen molar-refractivity contribution in [2.24, 2.45) is 0 Å². The number of morpholine rings is 1. The lowest BCUT2D eigenvalue weighted by Gasteiger charge is -2.26. The van der Waals surface area contributed by atoms with Crippen molar-refractivity contribution >= 4 is 11.6 Å². The van der Waals surface area contributed by atoms with Gasteiger partial charge in [0, 0.05) is 37.9 Å². The Kier molecular flexibility index (Phi) is 4.91. The summed E-state index contributed by atoms with van der Waals surface area (Å²) in [5.74, 6) is 1.37. The van der Waals surface area contributed by atoms with Crippen LogP contribution in [0, 0.1) is 0 Å². The molecule has 1 fully saturated rings. The van der Waals surface area contributed by atoms with Crippen LogP contribution in [0.2, 0.25) is 0 Å². The molecule has 0 saturated carbocycles. The third-order valence-corrected chi connectivity index (χ3v) is 4.05. The highest BCUT2D eigenvalue weighted by atomic mass is 35.5. The molecular formula is C16H20ClN3O. The Morgan fingerprint density at radius 3 is 2.57 bits per heavy atom. The fourth-order valence-corrected chi connectivity index (χ4v) is 2.79. The number of hydrogen-bond acceptors (Lipinski definition) is 3. The number of imidazole rings is 1. The summed E-state index contributed by atoms with van der Waals surface area (Å²) < 4.78 is 7.55. The maximum absolute atomic E-state index is 6.04. The molecule has 2 heterocycles. The highest BCUT2D eigenvalue weighted by Gasteiger charge is 2.12. The largest absolute Gasteiger partial charge is 0.379 e. The van der Waals surface area contributed by atoms with Crippen LogP contribution in [0.5, 0.6) is 0 Å². The molecule has 21 heavy (non-hydrogen) atoms. The number of halogens is 1. The van der Waals surface area contributed by atoms with E-state index in [0.29, 0.717) is 5.88 Å². The van der Waals surface area contributed by atoms with Crippen molar-refractivity contribution < 1.29 is 4.74 Å².